The van der Waals surface area contributed by atoms with Crippen LogP contribution in [0.2, 0.25) is 0 Å². The van der Waals surface area contributed by atoms with Gasteiger partial charge in [0.15, 0.2) is 0 Å². The van der Waals surface area contributed by atoms with E-state index in [9.17, 15) is 0 Å². The molecule has 0 spiro atoms. The molecule has 0 fully saturated rings. The van der Waals surface area contributed by atoms with Gasteiger partial charge in [0.1, 0.15) is 0 Å². The summed E-state index contributed by atoms with van der Waals surface area (Å²) in [7, 11) is 0. The highest BCUT2D eigenvalue weighted by Gasteiger charge is 2.15. The molecule has 0 aromatic heterocycles. The van der Waals surface area contributed by atoms with Gasteiger partial charge in [0.05, 0.1) is 6.17 Å². The lowest BCUT2D eigenvalue weighted by atomic mass is 10.0. The fourth-order valence-electron chi connectivity index (χ4n) is 2.30. The van der Waals surface area contributed by atoms with Crippen LogP contribution in [0.25, 0.3) is 0 Å². The van der Waals surface area contributed by atoms with Gasteiger partial charge in [0.25, 0.3) is 0 Å². The summed E-state index contributed by atoms with van der Waals surface area (Å²) in [4.78, 5) is 0. The van der Waals surface area contributed by atoms with Gasteiger partial charge in [-0.05, 0) is 33.7 Å². The first-order valence-corrected chi connectivity index (χ1v) is 8.00. The van der Waals surface area contributed by atoms with Gasteiger partial charge < -0.3 is 5.32 Å². The van der Waals surface area contributed by atoms with Gasteiger partial charge in [-0.2, -0.15) is 0 Å². The Kier molecular flexibility index (Phi) is 10.8. The topological polar surface area (TPSA) is 24.1 Å². The van der Waals surface area contributed by atoms with E-state index in [1.54, 1.807) is 0 Å². The van der Waals surface area contributed by atoms with Crippen LogP contribution in [0.15, 0.2) is 0 Å². The second kappa shape index (κ2) is 10.8. The van der Waals surface area contributed by atoms with Crippen molar-refractivity contribution in [2.24, 2.45) is 0 Å². The Morgan fingerprint density at radius 1 is 0.833 bits per heavy atom. The molecule has 0 amide bonds. The molecular weight excluding hydrogens is 220 g/mol. The molecule has 1 atom stereocenters. The van der Waals surface area contributed by atoms with Crippen molar-refractivity contribution in [2.45, 2.75) is 97.7 Å². The van der Waals surface area contributed by atoms with E-state index in [0.717, 1.165) is 6.54 Å². The van der Waals surface area contributed by atoms with Crippen molar-refractivity contribution < 1.29 is 0 Å². The van der Waals surface area contributed by atoms with E-state index in [4.69, 9.17) is 0 Å². The Morgan fingerprint density at radius 2 is 1.39 bits per heavy atom. The lowest BCUT2D eigenvalue weighted by Crippen LogP contribution is -2.50. The average Bonchev–Trinajstić information content (AvgIpc) is 2.26. The number of nitrogens with one attached hydrogen (secondary N) is 2. The quantitative estimate of drug-likeness (QED) is 0.421. The summed E-state index contributed by atoms with van der Waals surface area (Å²) in [5, 5.41) is 7.20. The summed E-state index contributed by atoms with van der Waals surface area (Å²) < 4.78 is 0. The van der Waals surface area contributed by atoms with Gasteiger partial charge in [-0.1, -0.05) is 58.8 Å². The molecule has 0 radical (unpaired) electrons. The lowest BCUT2D eigenvalue weighted by Gasteiger charge is -2.29. The maximum atomic E-state index is 3.66. The molecule has 2 N–H and O–H groups in total. The molecule has 0 bridgehead atoms. The minimum atomic E-state index is 0.202. The largest absolute Gasteiger partial charge is 0.302 e. The van der Waals surface area contributed by atoms with E-state index in [2.05, 4.69) is 45.3 Å². The fraction of sp³-hybridized carbons (Fsp3) is 1.00. The molecule has 0 aromatic rings. The summed E-state index contributed by atoms with van der Waals surface area (Å²) in [6, 6.07) is 0. The first-order valence-electron chi connectivity index (χ1n) is 8.00. The van der Waals surface area contributed by atoms with E-state index in [-0.39, 0.29) is 5.54 Å². The van der Waals surface area contributed by atoms with Gasteiger partial charge in [-0.3, -0.25) is 5.32 Å². The van der Waals surface area contributed by atoms with Gasteiger partial charge in [0, 0.05) is 5.54 Å². The third-order valence-corrected chi connectivity index (χ3v) is 3.15. The van der Waals surface area contributed by atoms with Crippen molar-refractivity contribution in [3.05, 3.63) is 0 Å². The van der Waals surface area contributed by atoms with E-state index < -0.39 is 0 Å². The van der Waals surface area contributed by atoms with E-state index in [1.807, 2.05) is 0 Å². The number of unbranched alkanes of at least 4 members (excludes halogenated alkanes) is 6. The zero-order chi connectivity index (χ0) is 13.9. The van der Waals surface area contributed by atoms with E-state index in [0.29, 0.717) is 6.17 Å². The summed E-state index contributed by atoms with van der Waals surface area (Å²) in [5.41, 5.74) is 0.202. The monoisotopic (exact) mass is 256 g/mol. The summed E-state index contributed by atoms with van der Waals surface area (Å²) in [6.45, 7) is 12.2. The summed E-state index contributed by atoms with van der Waals surface area (Å²) in [6.07, 6.45) is 11.5. The summed E-state index contributed by atoms with van der Waals surface area (Å²) >= 11 is 0. The molecule has 0 aliphatic carbocycles. The molecule has 0 rings (SSSR count). The molecule has 0 aliphatic heterocycles. The van der Waals surface area contributed by atoms with Crippen LogP contribution in [0.5, 0.6) is 0 Å². The number of rotatable bonds is 11. The maximum Gasteiger partial charge on any atom is 0.0575 e. The van der Waals surface area contributed by atoms with Crippen LogP contribution in [-0.2, 0) is 0 Å². The minimum Gasteiger partial charge on any atom is -0.302 e. The minimum absolute atomic E-state index is 0.202. The molecule has 2 heteroatoms. The second-order valence-electron chi connectivity index (χ2n) is 6.41. The van der Waals surface area contributed by atoms with Crippen LogP contribution in [0, 0.1) is 0 Å². The average molecular weight is 256 g/mol. The normalized spacial score (nSPS) is 13.8. The number of hydrogen-bond donors (Lipinski definition) is 2. The zero-order valence-electron chi connectivity index (χ0n) is 13.4. The van der Waals surface area contributed by atoms with Gasteiger partial charge in [-0.15, -0.1) is 0 Å². The third kappa shape index (κ3) is 12.4. The molecule has 0 heterocycles. The molecular formula is C16H36N2. The molecule has 110 valence electrons. The van der Waals surface area contributed by atoms with Crippen LogP contribution in [-0.4, -0.2) is 18.2 Å². The standard InChI is InChI=1S/C16H36N2/c1-6-8-9-10-11-12-13-14-15(17-7-2)18-16(3,4)5/h15,17-18H,6-14H2,1-5H3. The SMILES string of the molecule is CCCCCCCCCC(NCC)NC(C)(C)C. The highest BCUT2D eigenvalue weighted by Crippen LogP contribution is 2.10. The van der Waals surface area contributed by atoms with E-state index >= 15 is 0 Å². The van der Waals surface area contributed by atoms with Crippen molar-refractivity contribution in [3.63, 3.8) is 0 Å². The molecule has 1 unspecified atom stereocenters. The van der Waals surface area contributed by atoms with Crippen molar-refractivity contribution >= 4 is 0 Å². The highest BCUT2D eigenvalue weighted by molar-refractivity contribution is 4.76. The Balaban J connectivity index is 3.58. The van der Waals surface area contributed by atoms with E-state index in [1.165, 1.54) is 51.4 Å². The van der Waals surface area contributed by atoms with Crippen LogP contribution in [0.4, 0.5) is 0 Å². The molecule has 0 aliphatic rings. The molecule has 18 heavy (non-hydrogen) atoms. The highest BCUT2D eigenvalue weighted by atomic mass is 15.1. The zero-order valence-corrected chi connectivity index (χ0v) is 13.4. The first-order chi connectivity index (χ1) is 8.49. The van der Waals surface area contributed by atoms with Crippen LogP contribution in [0.1, 0.15) is 86.0 Å². The van der Waals surface area contributed by atoms with Crippen molar-refractivity contribution in [3.8, 4) is 0 Å². The van der Waals surface area contributed by atoms with Crippen LogP contribution >= 0.6 is 0 Å². The van der Waals surface area contributed by atoms with Gasteiger partial charge >= 0.3 is 0 Å². The van der Waals surface area contributed by atoms with Gasteiger partial charge in [-0.25, -0.2) is 0 Å². The third-order valence-electron chi connectivity index (χ3n) is 3.15. The molecule has 0 saturated carbocycles. The van der Waals surface area contributed by atoms with Crippen molar-refractivity contribution in [2.75, 3.05) is 6.54 Å². The molecule has 0 aromatic carbocycles. The van der Waals surface area contributed by atoms with Crippen molar-refractivity contribution in [1.82, 2.24) is 10.6 Å². The first kappa shape index (κ1) is 17.9. The Bertz CT molecular complexity index is 172. The molecule has 2 nitrogen and oxygen atoms in total. The molecule has 0 saturated heterocycles. The Hall–Kier alpha value is -0.0800. The van der Waals surface area contributed by atoms with Crippen molar-refractivity contribution in [1.29, 1.82) is 0 Å². The Morgan fingerprint density at radius 3 is 1.89 bits per heavy atom. The second-order valence-corrected chi connectivity index (χ2v) is 6.41. The summed E-state index contributed by atoms with van der Waals surface area (Å²) in [5.74, 6) is 0. The maximum absolute atomic E-state index is 3.66. The predicted octanol–water partition coefficient (Wildman–Crippen LogP) is 4.45. The van der Waals surface area contributed by atoms with Crippen LogP contribution < -0.4 is 10.6 Å². The van der Waals surface area contributed by atoms with Crippen LogP contribution in [0.3, 0.4) is 0 Å². The Labute approximate surface area is 115 Å². The lowest BCUT2D eigenvalue weighted by molar-refractivity contribution is 0.301. The van der Waals surface area contributed by atoms with Gasteiger partial charge in [0.2, 0.25) is 0 Å². The number of hydrogen-bond acceptors (Lipinski definition) is 2. The fourth-order valence-corrected chi connectivity index (χ4v) is 2.30. The smallest absolute Gasteiger partial charge is 0.0575 e. The predicted molar refractivity (Wildman–Crippen MR) is 83.0 cm³/mol.